The van der Waals surface area contributed by atoms with Crippen LogP contribution in [-0.4, -0.2) is 12.5 Å². The van der Waals surface area contributed by atoms with Gasteiger partial charge in [-0.1, -0.05) is 48.5 Å². The minimum Gasteiger partial charge on any atom is -0.324 e. The zero-order valence-corrected chi connectivity index (χ0v) is 10.9. The molecule has 0 aliphatic heterocycles. The Balaban J connectivity index is 2.14. The molecule has 4 nitrogen and oxygen atoms in total. The average Bonchev–Trinajstić information content (AvgIpc) is 2.50. The molecule has 20 heavy (non-hydrogen) atoms. The standard InChI is InChI=1S/C16H15N3O/c17-11-12-18-15(13-7-3-1-4-8-13)16(20)19-14-9-5-2-6-10-14/h1-10,15,18H,12H2,(H,19,20). The normalized spacial score (nSPS) is 11.3. The molecule has 0 bridgehead atoms. The maximum Gasteiger partial charge on any atom is 0.246 e. The monoisotopic (exact) mass is 265 g/mol. The number of rotatable bonds is 5. The van der Waals surface area contributed by atoms with E-state index in [4.69, 9.17) is 5.26 Å². The molecule has 0 aliphatic rings. The molecule has 0 radical (unpaired) electrons. The molecule has 0 aliphatic carbocycles. The number of nitrogens with one attached hydrogen (secondary N) is 2. The summed E-state index contributed by atoms with van der Waals surface area (Å²) < 4.78 is 0. The maximum absolute atomic E-state index is 12.3. The van der Waals surface area contributed by atoms with E-state index in [1.54, 1.807) is 0 Å². The number of anilines is 1. The van der Waals surface area contributed by atoms with E-state index in [1.165, 1.54) is 0 Å². The van der Waals surface area contributed by atoms with Gasteiger partial charge in [-0.2, -0.15) is 5.26 Å². The van der Waals surface area contributed by atoms with Crippen molar-refractivity contribution in [1.82, 2.24) is 5.32 Å². The second kappa shape index (κ2) is 7.07. The Hall–Kier alpha value is -2.64. The Bertz CT molecular complexity index is 590. The molecule has 0 saturated heterocycles. The zero-order valence-electron chi connectivity index (χ0n) is 10.9. The molecular weight excluding hydrogens is 250 g/mol. The van der Waals surface area contributed by atoms with Crippen molar-refractivity contribution in [3.05, 3.63) is 66.2 Å². The summed E-state index contributed by atoms with van der Waals surface area (Å²) in [6, 6.07) is 20.0. The van der Waals surface area contributed by atoms with E-state index in [1.807, 2.05) is 66.7 Å². The SMILES string of the molecule is N#CCNC(C(=O)Nc1ccccc1)c1ccccc1. The first-order valence-electron chi connectivity index (χ1n) is 6.32. The van der Waals surface area contributed by atoms with Gasteiger partial charge in [-0.3, -0.25) is 10.1 Å². The summed E-state index contributed by atoms with van der Waals surface area (Å²) in [5.74, 6) is -0.183. The van der Waals surface area contributed by atoms with Crippen molar-refractivity contribution in [2.24, 2.45) is 0 Å². The fourth-order valence-corrected chi connectivity index (χ4v) is 1.89. The number of carbonyl (C=O) groups excluding carboxylic acids is 1. The second-order valence-corrected chi connectivity index (χ2v) is 4.24. The van der Waals surface area contributed by atoms with Crippen molar-refractivity contribution in [3.8, 4) is 6.07 Å². The van der Waals surface area contributed by atoms with Crippen LogP contribution in [0.1, 0.15) is 11.6 Å². The maximum atomic E-state index is 12.3. The number of amides is 1. The summed E-state index contributed by atoms with van der Waals surface area (Å²) in [4.78, 5) is 12.3. The molecule has 0 fully saturated rings. The molecule has 0 heterocycles. The Morgan fingerprint density at radius 1 is 1.05 bits per heavy atom. The van der Waals surface area contributed by atoms with Gasteiger partial charge < -0.3 is 5.32 Å². The summed E-state index contributed by atoms with van der Waals surface area (Å²) >= 11 is 0. The molecule has 2 rings (SSSR count). The number of benzene rings is 2. The van der Waals surface area contributed by atoms with Gasteiger partial charge in [-0.25, -0.2) is 0 Å². The third-order valence-electron chi connectivity index (χ3n) is 2.82. The van der Waals surface area contributed by atoms with E-state index in [0.717, 1.165) is 11.3 Å². The predicted molar refractivity (Wildman–Crippen MR) is 77.9 cm³/mol. The summed E-state index contributed by atoms with van der Waals surface area (Å²) in [6.45, 7) is 0.113. The first-order chi connectivity index (χ1) is 9.81. The first kappa shape index (κ1) is 13.8. The lowest BCUT2D eigenvalue weighted by Crippen LogP contribution is -2.33. The highest BCUT2D eigenvalue weighted by Gasteiger charge is 2.19. The van der Waals surface area contributed by atoms with Crippen LogP contribution in [0.3, 0.4) is 0 Å². The Labute approximate surface area is 118 Å². The van der Waals surface area contributed by atoms with E-state index < -0.39 is 6.04 Å². The summed E-state index contributed by atoms with van der Waals surface area (Å²) in [5.41, 5.74) is 1.56. The average molecular weight is 265 g/mol. The van der Waals surface area contributed by atoms with Gasteiger partial charge in [0.2, 0.25) is 5.91 Å². The molecule has 100 valence electrons. The van der Waals surface area contributed by atoms with Crippen LogP contribution in [-0.2, 0) is 4.79 Å². The van der Waals surface area contributed by atoms with Gasteiger partial charge in [0, 0.05) is 5.69 Å². The smallest absolute Gasteiger partial charge is 0.246 e. The number of hydrogen-bond acceptors (Lipinski definition) is 3. The highest BCUT2D eigenvalue weighted by molar-refractivity contribution is 5.95. The summed E-state index contributed by atoms with van der Waals surface area (Å²) in [6.07, 6.45) is 0. The van der Waals surface area contributed by atoms with Crippen LogP contribution < -0.4 is 10.6 Å². The molecule has 1 amide bonds. The topological polar surface area (TPSA) is 64.9 Å². The lowest BCUT2D eigenvalue weighted by molar-refractivity contribution is -0.118. The number of hydrogen-bond donors (Lipinski definition) is 2. The molecule has 2 aromatic rings. The van der Waals surface area contributed by atoms with E-state index in [0.29, 0.717) is 0 Å². The Morgan fingerprint density at radius 3 is 2.25 bits per heavy atom. The van der Waals surface area contributed by atoms with Gasteiger partial charge in [0.05, 0.1) is 12.6 Å². The van der Waals surface area contributed by atoms with E-state index >= 15 is 0 Å². The van der Waals surface area contributed by atoms with E-state index in [9.17, 15) is 4.79 Å². The van der Waals surface area contributed by atoms with Crippen molar-refractivity contribution < 1.29 is 4.79 Å². The molecule has 4 heteroatoms. The van der Waals surface area contributed by atoms with Crippen molar-refractivity contribution in [1.29, 1.82) is 5.26 Å². The molecule has 0 aromatic heterocycles. The molecule has 0 saturated carbocycles. The van der Waals surface area contributed by atoms with E-state index in [2.05, 4.69) is 10.6 Å². The van der Waals surface area contributed by atoms with Gasteiger partial charge in [0.25, 0.3) is 0 Å². The van der Waals surface area contributed by atoms with Crippen LogP contribution in [0.15, 0.2) is 60.7 Å². The number of nitriles is 1. The van der Waals surface area contributed by atoms with Crippen LogP contribution in [0.4, 0.5) is 5.69 Å². The van der Waals surface area contributed by atoms with Crippen LogP contribution in [0, 0.1) is 11.3 Å². The van der Waals surface area contributed by atoms with Crippen molar-refractivity contribution in [3.63, 3.8) is 0 Å². The van der Waals surface area contributed by atoms with Crippen LogP contribution in [0.25, 0.3) is 0 Å². The third kappa shape index (κ3) is 3.67. The minimum atomic E-state index is -0.545. The van der Waals surface area contributed by atoms with Crippen LogP contribution in [0.2, 0.25) is 0 Å². The van der Waals surface area contributed by atoms with Crippen molar-refractivity contribution in [2.75, 3.05) is 11.9 Å². The molecule has 2 N–H and O–H groups in total. The minimum absolute atomic E-state index is 0.113. The fraction of sp³-hybridized carbons (Fsp3) is 0.125. The fourth-order valence-electron chi connectivity index (χ4n) is 1.89. The number of carbonyl (C=O) groups is 1. The van der Waals surface area contributed by atoms with Gasteiger partial charge in [0.15, 0.2) is 0 Å². The predicted octanol–water partition coefficient (Wildman–Crippen LogP) is 2.48. The van der Waals surface area contributed by atoms with Crippen molar-refractivity contribution >= 4 is 11.6 Å². The first-order valence-corrected chi connectivity index (χ1v) is 6.32. The quantitative estimate of drug-likeness (QED) is 0.816. The number of para-hydroxylation sites is 1. The summed E-state index contributed by atoms with van der Waals surface area (Å²) in [5, 5.41) is 14.5. The van der Waals surface area contributed by atoms with Gasteiger partial charge in [0.1, 0.15) is 6.04 Å². The zero-order chi connectivity index (χ0) is 14.2. The van der Waals surface area contributed by atoms with Gasteiger partial charge in [-0.05, 0) is 17.7 Å². The lowest BCUT2D eigenvalue weighted by Gasteiger charge is -2.17. The molecule has 0 spiro atoms. The third-order valence-corrected chi connectivity index (χ3v) is 2.82. The van der Waals surface area contributed by atoms with Crippen molar-refractivity contribution in [2.45, 2.75) is 6.04 Å². The van der Waals surface area contributed by atoms with Crippen LogP contribution in [0.5, 0.6) is 0 Å². The largest absolute Gasteiger partial charge is 0.324 e. The second-order valence-electron chi connectivity index (χ2n) is 4.24. The molecule has 1 atom stereocenters. The highest BCUT2D eigenvalue weighted by Crippen LogP contribution is 2.15. The van der Waals surface area contributed by atoms with Gasteiger partial charge >= 0.3 is 0 Å². The van der Waals surface area contributed by atoms with Gasteiger partial charge in [-0.15, -0.1) is 0 Å². The molecular formula is C16H15N3O. The number of nitrogens with zero attached hydrogens (tertiary/aromatic N) is 1. The van der Waals surface area contributed by atoms with E-state index in [-0.39, 0.29) is 12.5 Å². The lowest BCUT2D eigenvalue weighted by atomic mass is 10.1. The van der Waals surface area contributed by atoms with Crippen LogP contribution >= 0.6 is 0 Å². The highest BCUT2D eigenvalue weighted by atomic mass is 16.2. The summed E-state index contributed by atoms with van der Waals surface area (Å²) in [7, 11) is 0. The molecule has 1 unspecified atom stereocenters. The Morgan fingerprint density at radius 2 is 1.65 bits per heavy atom. The molecule has 2 aromatic carbocycles. The Kier molecular flexibility index (Phi) is 4.87.